The van der Waals surface area contributed by atoms with Gasteiger partial charge in [-0.15, -0.1) is 0 Å². The van der Waals surface area contributed by atoms with Gasteiger partial charge in [0.05, 0.1) is 0 Å². The first-order chi connectivity index (χ1) is 7.67. The van der Waals surface area contributed by atoms with Crippen molar-refractivity contribution < 1.29 is 0 Å². The molecule has 0 aliphatic carbocycles. The van der Waals surface area contributed by atoms with Crippen LogP contribution in [0, 0.1) is 5.92 Å². The minimum atomic E-state index is 0.408. The van der Waals surface area contributed by atoms with Crippen molar-refractivity contribution in [3.8, 4) is 0 Å². The molecule has 0 aromatic heterocycles. The van der Waals surface area contributed by atoms with E-state index in [1.54, 1.807) is 0 Å². The maximum Gasteiger partial charge on any atom is 0.0216 e. The van der Waals surface area contributed by atoms with E-state index in [2.05, 4.69) is 50.4 Å². The minimum Gasteiger partial charge on any atom is -0.329 e. The molecule has 0 bridgehead atoms. The molecule has 0 saturated heterocycles. The molecule has 0 aliphatic rings. The summed E-state index contributed by atoms with van der Waals surface area (Å²) in [5.41, 5.74) is 8.44. The molecule has 0 saturated carbocycles. The summed E-state index contributed by atoms with van der Waals surface area (Å²) in [6, 6.07) is 9.19. The van der Waals surface area contributed by atoms with Crippen LogP contribution in [0.15, 0.2) is 24.3 Å². The first-order valence-electron chi connectivity index (χ1n) is 6.18. The second-order valence-corrected chi connectivity index (χ2v) is 4.64. The Morgan fingerprint density at radius 1 is 1.12 bits per heavy atom. The summed E-state index contributed by atoms with van der Waals surface area (Å²) in [4.78, 5) is 0. The highest BCUT2D eigenvalue weighted by atomic mass is 14.9. The maximum absolute atomic E-state index is 5.72. The molecular formula is C14H24N2. The largest absolute Gasteiger partial charge is 0.329 e. The molecular weight excluding hydrogens is 196 g/mol. The van der Waals surface area contributed by atoms with Gasteiger partial charge in [-0.2, -0.15) is 0 Å². The first kappa shape index (κ1) is 13.2. The average Bonchev–Trinajstić information content (AvgIpc) is 2.30. The normalized spacial score (nSPS) is 13.1. The van der Waals surface area contributed by atoms with Gasteiger partial charge >= 0.3 is 0 Å². The van der Waals surface area contributed by atoms with E-state index in [4.69, 9.17) is 5.73 Å². The van der Waals surface area contributed by atoms with E-state index in [0.29, 0.717) is 18.5 Å². The van der Waals surface area contributed by atoms with Crippen molar-refractivity contribution in [3.63, 3.8) is 0 Å². The molecule has 2 nitrogen and oxygen atoms in total. The summed E-state index contributed by atoms with van der Waals surface area (Å²) in [5, 5.41) is 3.50. The summed E-state index contributed by atoms with van der Waals surface area (Å²) < 4.78 is 0. The molecule has 90 valence electrons. The van der Waals surface area contributed by atoms with E-state index < -0.39 is 0 Å². The number of hydrogen-bond donors (Lipinski definition) is 2. The zero-order valence-corrected chi connectivity index (χ0v) is 10.7. The van der Waals surface area contributed by atoms with Crippen LogP contribution >= 0.6 is 0 Å². The third-order valence-corrected chi connectivity index (χ3v) is 3.06. The van der Waals surface area contributed by atoms with Crippen molar-refractivity contribution in [2.75, 3.05) is 6.54 Å². The molecule has 0 spiro atoms. The highest BCUT2D eigenvalue weighted by Crippen LogP contribution is 2.06. The lowest BCUT2D eigenvalue weighted by molar-refractivity contribution is 0.405. The second kappa shape index (κ2) is 6.66. The SMILES string of the molecule is CCc1ccc(CNC(CN)C(C)C)cc1. The molecule has 1 unspecified atom stereocenters. The van der Waals surface area contributed by atoms with Crippen LogP contribution in [-0.2, 0) is 13.0 Å². The van der Waals surface area contributed by atoms with Crippen LogP contribution in [0.4, 0.5) is 0 Å². The third kappa shape index (κ3) is 3.95. The first-order valence-corrected chi connectivity index (χ1v) is 6.18. The number of benzene rings is 1. The molecule has 3 N–H and O–H groups in total. The van der Waals surface area contributed by atoms with Gasteiger partial charge in [-0.3, -0.25) is 0 Å². The monoisotopic (exact) mass is 220 g/mol. The van der Waals surface area contributed by atoms with Gasteiger partial charge in [0.1, 0.15) is 0 Å². The lowest BCUT2D eigenvalue weighted by Gasteiger charge is -2.20. The Balaban J connectivity index is 2.47. The summed E-state index contributed by atoms with van der Waals surface area (Å²) in [7, 11) is 0. The Morgan fingerprint density at radius 3 is 2.12 bits per heavy atom. The van der Waals surface area contributed by atoms with Gasteiger partial charge in [-0.1, -0.05) is 45.0 Å². The number of nitrogens with two attached hydrogens (primary N) is 1. The van der Waals surface area contributed by atoms with Crippen molar-refractivity contribution in [3.05, 3.63) is 35.4 Å². The van der Waals surface area contributed by atoms with Crippen LogP contribution < -0.4 is 11.1 Å². The minimum absolute atomic E-state index is 0.408. The fourth-order valence-electron chi connectivity index (χ4n) is 1.73. The van der Waals surface area contributed by atoms with Crippen LogP contribution in [0.25, 0.3) is 0 Å². The van der Waals surface area contributed by atoms with Gasteiger partial charge in [0.2, 0.25) is 0 Å². The molecule has 1 aromatic rings. The molecule has 0 heterocycles. The molecule has 2 heteroatoms. The predicted octanol–water partition coefficient (Wildman–Crippen LogP) is 2.32. The molecule has 0 aliphatic heterocycles. The molecule has 0 radical (unpaired) electrons. The molecule has 1 aromatic carbocycles. The summed E-state index contributed by atoms with van der Waals surface area (Å²) in [5.74, 6) is 0.583. The fraction of sp³-hybridized carbons (Fsp3) is 0.571. The quantitative estimate of drug-likeness (QED) is 0.772. The van der Waals surface area contributed by atoms with Gasteiger partial charge in [0.25, 0.3) is 0 Å². The molecule has 16 heavy (non-hydrogen) atoms. The van der Waals surface area contributed by atoms with Gasteiger partial charge in [0, 0.05) is 19.1 Å². The number of nitrogens with one attached hydrogen (secondary N) is 1. The topological polar surface area (TPSA) is 38.0 Å². The Hall–Kier alpha value is -0.860. The molecule has 0 amide bonds. The van der Waals surface area contributed by atoms with Crippen molar-refractivity contribution >= 4 is 0 Å². The smallest absolute Gasteiger partial charge is 0.0216 e. The Morgan fingerprint density at radius 2 is 1.69 bits per heavy atom. The van der Waals surface area contributed by atoms with Crippen LogP contribution in [0.1, 0.15) is 31.9 Å². The van der Waals surface area contributed by atoms with Crippen LogP contribution in [0.3, 0.4) is 0 Å². The summed E-state index contributed by atoms with van der Waals surface area (Å²) in [6.07, 6.45) is 1.10. The van der Waals surface area contributed by atoms with E-state index in [1.165, 1.54) is 11.1 Å². The van der Waals surface area contributed by atoms with Crippen LogP contribution in [-0.4, -0.2) is 12.6 Å². The molecule has 1 rings (SSSR count). The Kier molecular flexibility index (Phi) is 5.50. The highest BCUT2D eigenvalue weighted by molar-refractivity contribution is 5.22. The van der Waals surface area contributed by atoms with Crippen LogP contribution in [0.5, 0.6) is 0 Å². The Bertz CT molecular complexity index is 290. The summed E-state index contributed by atoms with van der Waals surface area (Å²) >= 11 is 0. The van der Waals surface area contributed by atoms with Gasteiger partial charge in [0.15, 0.2) is 0 Å². The lowest BCUT2D eigenvalue weighted by atomic mass is 10.0. The van der Waals surface area contributed by atoms with Gasteiger partial charge < -0.3 is 11.1 Å². The molecule has 1 atom stereocenters. The fourth-order valence-corrected chi connectivity index (χ4v) is 1.73. The average molecular weight is 220 g/mol. The summed E-state index contributed by atoms with van der Waals surface area (Å²) in [6.45, 7) is 8.18. The Labute approximate surface area is 99.2 Å². The number of rotatable bonds is 6. The van der Waals surface area contributed by atoms with Crippen LogP contribution in [0.2, 0.25) is 0 Å². The van der Waals surface area contributed by atoms with Gasteiger partial charge in [-0.05, 0) is 23.5 Å². The van der Waals surface area contributed by atoms with Gasteiger partial charge in [-0.25, -0.2) is 0 Å². The molecule has 0 fully saturated rings. The van der Waals surface area contributed by atoms with Crippen molar-refractivity contribution in [2.24, 2.45) is 11.7 Å². The van der Waals surface area contributed by atoms with Crippen molar-refractivity contribution in [2.45, 2.75) is 39.8 Å². The third-order valence-electron chi connectivity index (χ3n) is 3.06. The zero-order chi connectivity index (χ0) is 12.0. The highest BCUT2D eigenvalue weighted by Gasteiger charge is 2.09. The standard InChI is InChI=1S/C14H24N2/c1-4-12-5-7-13(8-6-12)10-16-14(9-15)11(2)3/h5-8,11,14,16H,4,9-10,15H2,1-3H3. The van der Waals surface area contributed by atoms with E-state index in [1.807, 2.05) is 0 Å². The van der Waals surface area contributed by atoms with E-state index >= 15 is 0 Å². The van der Waals surface area contributed by atoms with Crippen molar-refractivity contribution in [1.29, 1.82) is 0 Å². The lowest BCUT2D eigenvalue weighted by Crippen LogP contribution is -2.39. The number of aryl methyl sites for hydroxylation is 1. The van der Waals surface area contributed by atoms with Crippen molar-refractivity contribution in [1.82, 2.24) is 5.32 Å². The number of hydrogen-bond acceptors (Lipinski definition) is 2. The van der Waals surface area contributed by atoms with E-state index in [9.17, 15) is 0 Å². The van der Waals surface area contributed by atoms with E-state index in [0.717, 1.165) is 13.0 Å². The second-order valence-electron chi connectivity index (χ2n) is 4.64. The predicted molar refractivity (Wildman–Crippen MR) is 70.3 cm³/mol. The maximum atomic E-state index is 5.72. The van der Waals surface area contributed by atoms with E-state index in [-0.39, 0.29) is 0 Å². The zero-order valence-electron chi connectivity index (χ0n) is 10.7.